The van der Waals surface area contributed by atoms with E-state index in [1.165, 1.54) is 18.6 Å². The third-order valence-electron chi connectivity index (χ3n) is 1.81. The minimum Gasteiger partial charge on any atom is -0.463 e. The van der Waals surface area contributed by atoms with Crippen LogP contribution in [-0.4, -0.2) is 22.4 Å². The summed E-state index contributed by atoms with van der Waals surface area (Å²) in [6.07, 6.45) is 0. The zero-order valence-corrected chi connectivity index (χ0v) is 8.82. The molecule has 1 heterocycles. The molecule has 2 rings (SSSR count). The Morgan fingerprint density at radius 2 is 2.07 bits per heavy atom. The van der Waals surface area contributed by atoms with E-state index in [1.807, 2.05) is 30.3 Å². The fourth-order valence-electron chi connectivity index (χ4n) is 1.10. The molecule has 5 heteroatoms. The molecule has 0 unspecified atom stereocenters. The maximum Gasteiger partial charge on any atom is 0.377 e. The van der Waals surface area contributed by atoms with Crippen LogP contribution in [0, 0.1) is 0 Å². The van der Waals surface area contributed by atoms with Crippen molar-refractivity contribution in [2.24, 2.45) is 0 Å². The van der Waals surface area contributed by atoms with E-state index in [1.54, 1.807) is 0 Å². The van der Waals surface area contributed by atoms with E-state index in [0.717, 1.165) is 10.6 Å². The topological polar surface area (TPSA) is 52.1 Å². The van der Waals surface area contributed by atoms with E-state index in [0.29, 0.717) is 0 Å². The molecule has 76 valence electrons. The van der Waals surface area contributed by atoms with Gasteiger partial charge in [0.05, 0.1) is 7.11 Å². The smallest absolute Gasteiger partial charge is 0.377 e. The van der Waals surface area contributed by atoms with Gasteiger partial charge in [-0.05, 0) is 11.5 Å². The van der Waals surface area contributed by atoms with Gasteiger partial charge in [0.25, 0.3) is 5.82 Å². The lowest BCUT2D eigenvalue weighted by Gasteiger charge is -1.92. The second-order valence-electron chi connectivity index (χ2n) is 2.78. The Labute approximate surface area is 90.7 Å². The minimum atomic E-state index is -0.506. The number of carbonyl (C=O) groups is 1. The van der Waals surface area contributed by atoms with Crippen molar-refractivity contribution >= 4 is 17.5 Å². The number of carbonyl (C=O) groups excluding carboxylic acids is 1. The maximum absolute atomic E-state index is 11.1. The largest absolute Gasteiger partial charge is 0.463 e. The highest BCUT2D eigenvalue weighted by atomic mass is 32.1. The SMILES string of the molecule is COC(=O)c1nsc(-c2ccccc2)n1. The van der Waals surface area contributed by atoms with Gasteiger partial charge in [0.1, 0.15) is 5.01 Å². The summed E-state index contributed by atoms with van der Waals surface area (Å²) < 4.78 is 8.45. The normalized spacial score (nSPS) is 9.93. The zero-order chi connectivity index (χ0) is 10.7. The molecule has 0 bridgehead atoms. The van der Waals surface area contributed by atoms with E-state index in [2.05, 4.69) is 14.1 Å². The van der Waals surface area contributed by atoms with Crippen LogP contribution in [0.4, 0.5) is 0 Å². The van der Waals surface area contributed by atoms with Gasteiger partial charge in [-0.2, -0.15) is 4.37 Å². The molecule has 4 nitrogen and oxygen atoms in total. The van der Waals surface area contributed by atoms with Gasteiger partial charge in [0, 0.05) is 5.56 Å². The highest BCUT2D eigenvalue weighted by molar-refractivity contribution is 7.09. The molecule has 0 aliphatic rings. The third-order valence-corrected chi connectivity index (χ3v) is 2.58. The third kappa shape index (κ3) is 2.02. The van der Waals surface area contributed by atoms with Crippen molar-refractivity contribution < 1.29 is 9.53 Å². The predicted octanol–water partition coefficient (Wildman–Crippen LogP) is 1.99. The number of benzene rings is 1. The van der Waals surface area contributed by atoms with Crippen LogP contribution in [0.1, 0.15) is 10.6 Å². The molecule has 0 aliphatic carbocycles. The molecule has 2 aromatic rings. The van der Waals surface area contributed by atoms with Crippen LogP contribution in [0.2, 0.25) is 0 Å². The van der Waals surface area contributed by atoms with Crippen molar-refractivity contribution in [2.45, 2.75) is 0 Å². The summed E-state index contributed by atoms with van der Waals surface area (Å²) in [6.45, 7) is 0. The average molecular weight is 220 g/mol. The summed E-state index contributed by atoms with van der Waals surface area (Å²) in [6, 6.07) is 9.58. The van der Waals surface area contributed by atoms with Crippen LogP contribution in [0.3, 0.4) is 0 Å². The van der Waals surface area contributed by atoms with Crippen molar-refractivity contribution in [1.82, 2.24) is 9.36 Å². The number of hydrogen-bond donors (Lipinski definition) is 0. The fraction of sp³-hybridized carbons (Fsp3) is 0.100. The summed E-state index contributed by atoms with van der Waals surface area (Å²) in [5.41, 5.74) is 0.949. The Morgan fingerprint density at radius 3 is 2.73 bits per heavy atom. The van der Waals surface area contributed by atoms with E-state index in [4.69, 9.17) is 0 Å². The molecule has 0 amide bonds. The van der Waals surface area contributed by atoms with Crippen molar-refractivity contribution in [3.8, 4) is 10.6 Å². The van der Waals surface area contributed by atoms with Crippen molar-refractivity contribution in [1.29, 1.82) is 0 Å². The molecular formula is C10H8N2O2S. The van der Waals surface area contributed by atoms with Gasteiger partial charge < -0.3 is 4.74 Å². The standard InChI is InChI=1S/C10H8N2O2S/c1-14-10(13)8-11-9(15-12-8)7-5-3-2-4-6-7/h2-6H,1H3. The van der Waals surface area contributed by atoms with Crippen LogP contribution >= 0.6 is 11.5 Å². The quantitative estimate of drug-likeness (QED) is 0.726. The lowest BCUT2D eigenvalue weighted by Crippen LogP contribution is -2.02. The molecule has 0 radical (unpaired) electrons. The average Bonchev–Trinajstić information content (AvgIpc) is 2.78. The van der Waals surface area contributed by atoms with Crippen LogP contribution in [-0.2, 0) is 4.74 Å². The number of hydrogen-bond acceptors (Lipinski definition) is 5. The summed E-state index contributed by atoms with van der Waals surface area (Å²) in [5, 5.41) is 0.719. The summed E-state index contributed by atoms with van der Waals surface area (Å²) in [5.74, 6) is -0.394. The van der Waals surface area contributed by atoms with Gasteiger partial charge in [-0.25, -0.2) is 9.78 Å². The van der Waals surface area contributed by atoms with Crippen LogP contribution in [0.5, 0.6) is 0 Å². The monoisotopic (exact) mass is 220 g/mol. The van der Waals surface area contributed by atoms with Gasteiger partial charge in [0.2, 0.25) is 0 Å². The molecule has 0 aliphatic heterocycles. The first kappa shape index (κ1) is 9.79. The first-order chi connectivity index (χ1) is 7.31. The van der Waals surface area contributed by atoms with Crippen molar-refractivity contribution in [2.75, 3.05) is 7.11 Å². The lowest BCUT2D eigenvalue weighted by molar-refractivity contribution is 0.0588. The van der Waals surface area contributed by atoms with Crippen LogP contribution in [0.15, 0.2) is 30.3 Å². The molecule has 15 heavy (non-hydrogen) atoms. The Morgan fingerprint density at radius 1 is 1.33 bits per heavy atom. The lowest BCUT2D eigenvalue weighted by atomic mass is 10.2. The summed E-state index contributed by atoms with van der Waals surface area (Å²) in [4.78, 5) is 15.2. The highest BCUT2D eigenvalue weighted by Crippen LogP contribution is 2.20. The molecule has 0 saturated carbocycles. The van der Waals surface area contributed by atoms with Gasteiger partial charge in [0.15, 0.2) is 0 Å². The second-order valence-corrected chi connectivity index (χ2v) is 3.53. The Bertz CT molecular complexity index is 467. The fourth-order valence-corrected chi connectivity index (χ4v) is 1.75. The van der Waals surface area contributed by atoms with E-state index in [-0.39, 0.29) is 5.82 Å². The van der Waals surface area contributed by atoms with Gasteiger partial charge in [-0.3, -0.25) is 0 Å². The second kappa shape index (κ2) is 4.18. The van der Waals surface area contributed by atoms with E-state index in [9.17, 15) is 4.79 Å². The highest BCUT2D eigenvalue weighted by Gasteiger charge is 2.13. The zero-order valence-electron chi connectivity index (χ0n) is 8.01. The van der Waals surface area contributed by atoms with E-state index >= 15 is 0 Å². The number of esters is 1. The number of ether oxygens (including phenoxy) is 1. The van der Waals surface area contributed by atoms with Crippen LogP contribution < -0.4 is 0 Å². The number of nitrogens with zero attached hydrogens (tertiary/aromatic N) is 2. The predicted molar refractivity (Wildman–Crippen MR) is 56.7 cm³/mol. The molecular weight excluding hydrogens is 212 g/mol. The number of methoxy groups -OCH3 is 1. The van der Waals surface area contributed by atoms with Gasteiger partial charge >= 0.3 is 5.97 Å². The maximum atomic E-state index is 11.1. The molecule has 1 aromatic carbocycles. The Kier molecular flexibility index (Phi) is 2.73. The number of rotatable bonds is 2. The van der Waals surface area contributed by atoms with Crippen molar-refractivity contribution in [3.05, 3.63) is 36.2 Å². The molecule has 0 spiro atoms. The summed E-state index contributed by atoms with van der Waals surface area (Å²) in [7, 11) is 1.31. The van der Waals surface area contributed by atoms with Crippen molar-refractivity contribution in [3.63, 3.8) is 0 Å². The first-order valence-electron chi connectivity index (χ1n) is 4.28. The van der Waals surface area contributed by atoms with Crippen LogP contribution in [0.25, 0.3) is 10.6 Å². The van der Waals surface area contributed by atoms with Gasteiger partial charge in [-0.15, -0.1) is 0 Å². The molecule has 1 aromatic heterocycles. The van der Waals surface area contributed by atoms with Gasteiger partial charge in [-0.1, -0.05) is 30.3 Å². The molecule has 0 N–H and O–H groups in total. The summed E-state index contributed by atoms with van der Waals surface area (Å²) >= 11 is 1.18. The Balaban J connectivity index is 2.32. The Hall–Kier alpha value is -1.75. The molecule has 0 saturated heterocycles. The number of aromatic nitrogens is 2. The molecule has 0 fully saturated rings. The first-order valence-corrected chi connectivity index (χ1v) is 5.06. The minimum absolute atomic E-state index is 0.112. The van der Waals surface area contributed by atoms with E-state index < -0.39 is 5.97 Å². The molecule has 0 atom stereocenters.